The molecule has 0 aromatic heterocycles. The summed E-state index contributed by atoms with van der Waals surface area (Å²) in [7, 11) is 0. The van der Waals surface area contributed by atoms with Gasteiger partial charge >= 0.3 is 0 Å². The van der Waals surface area contributed by atoms with Gasteiger partial charge in [-0.2, -0.15) is 0 Å². The van der Waals surface area contributed by atoms with Crippen molar-refractivity contribution in [2.75, 3.05) is 0 Å². The van der Waals surface area contributed by atoms with Crippen LogP contribution in [0.1, 0.15) is 13.8 Å². The molecule has 0 fully saturated rings. The van der Waals surface area contributed by atoms with E-state index in [1.54, 1.807) is 13.8 Å². The first-order valence-electron chi connectivity index (χ1n) is 1.91. The fourth-order valence-corrected chi connectivity index (χ4v) is 0.601. The predicted octanol–water partition coefficient (Wildman–Crippen LogP) is 1.11. The Kier molecular flexibility index (Phi) is 2.34. The third kappa shape index (κ3) is 6.00. The molecule has 0 radical (unpaired) electrons. The van der Waals surface area contributed by atoms with Crippen LogP contribution < -0.4 is 0 Å². The minimum atomic E-state index is -0.858. The molecule has 0 saturated carbocycles. The summed E-state index contributed by atoms with van der Waals surface area (Å²) in [4.78, 5) is 2.42. The van der Waals surface area contributed by atoms with Crippen molar-refractivity contribution in [2.45, 2.75) is 19.4 Å². The molecule has 1 nitrogen and oxygen atoms in total. The van der Waals surface area contributed by atoms with Crippen molar-refractivity contribution < 1.29 is 5.11 Å². The summed E-state index contributed by atoms with van der Waals surface area (Å²) in [6.07, 6.45) is 0. The van der Waals surface area contributed by atoms with Gasteiger partial charge in [-0.05, 0) is 18.7 Å². The van der Waals surface area contributed by atoms with Crippen LogP contribution in [-0.2, 0) is 0 Å². The van der Waals surface area contributed by atoms with Gasteiger partial charge in [-0.25, -0.2) is 0 Å². The van der Waals surface area contributed by atoms with Gasteiger partial charge in [0.25, 0.3) is 0 Å². The lowest BCUT2D eigenvalue weighted by Crippen LogP contribution is -2.13. The highest BCUT2D eigenvalue weighted by molar-refractivity contribution is 9.12. The standard InChI is InChI=1S/C5H7BrO/c1-5(2,7)3-4-6/h7H,1-2H3. The number of rotatable bonds is 0. The van der Waals surface area contributed by atoms with E-state index in [1.807, 2.05) is 0 Å². The molecule has 1 N–H and O–H groups in total. The van der Waals surface area contributed by atoms with E-state index in [0.29, 0.717) is 0 Å². The second-order valence-electron chi connectivity index (χ2n) is 1.78. The molecule has 0 amide bonds. The van der Waals surface area contributed by atoms with E-state index in [4.69, 9.17) is 5.11 Å². The zero-order chi connectivity index (χ0) is 5.91. The summed E-state index contributed by atoms with van der Waals surface area (Å²) in [5, 5.41) is 8.81. The molecule has 0 aromatic carbocycles. The minimum Gasteiger partial charge on any atom is -0.378 e. The Morgan fingerprint density at radius 2 is 2.00 bits per heavy atom. The van der Waals surface area contributed by atoms with Gasteiger partial charge in [0.1, 0.15) is 5.60 Å². The van der Waals surface area contributed by atoms with Crippen molar-refractivity contribution in [1.29, 1.82) is 0 Å². The summed E-state index contributed by atoms with van der Waals surface area (Å²) >= 11 is 2.86. The predicted molar refractivity (Wildman–Crippen MR) is 33.0 cm³/mol. The van der Waals surface area contributed by atoms with Crippen molar-refractivity contribution in [3.05, 3.63) is 0 Å². The first-order valence-corrected chi connectivity index (χ1v) is 2.71. The number of hydrogen-bond donors (Lipinski definition) is 1. The molecule has 0 bridgehead atoms. The third-order valence-electron chi connectivity index (χ3n) is 0.353. The number of hydrogen-bond acceptors (Lipinski definition) is 1. The summed E-state index contributed by atoms with van der Waals surface area (Å²) in [6.45, 7) is 3.25. The van der Waals surface area contributed by atoms with Gasteiger partial charge in [-0.15, -0.1) is 0 Å². The van der Waals surface area contributed by atoms with Crippen molar-refractivity contribution in [3.63, 3.8) is 0 Å². The van der Waals surface area contributed by atoms with E-state index >= 15 is 0 Å². The fraction of sp³-hybridized carbons (Fsp3) is 0.600. The number of halogens is 1. The zero-order valence-corrected chi connectivity index (χ0v) is 5.91. The smallest absolute Gasteiger partial charge is 0.120 e. The van der Waals surface area contributed by atoms with Crippen molar-refractivity contribution in [2.24, 2.45) is 0 Å². The molecule has 0 rings (SSSR count). The van der Waals surface area contributed by atoms with Crippen LogP contribution in [0.2, 0.25) is 0 Å². The highest BCUT2D eigenvalue weighted by atomic mass is 79.9. The van der Waals surface area contributed by atoms with Crippen LogP contribution in [0.25, 0.3) is 0 Å². The lowest BCUT2D eigenvalue weighted by atomic mass is 10.2. The third-order valence-corrected chi connectivity index (χ3v) is 0.551. The van der Waals surface area contributed by atoms with Crippen LogP contribution in [0.3, 0.4) is 0 Å². The molecule has 2 heteroatoms. The van der Waals surface area contributed by atoms with Gasteiger partial charge < -0.3 is 5.11 Å². The van der Waals surface area contributed by atoms with Gasteiger partial charge in [-0.1, -0.05) is 5.92 Å². The van der Waals surface area contributed by atoms with E-state index in [9.17, 15) is 0 Å². The van der Waals surface area contributed by atoms with Crippen LogP contribution in [0.5, 0.6) is 0 Å². The van der Waals surface area contributed by atoms with Crippen molar-refractivity contribution in [1.82, 2.24) is 0 Å². The second-order valence-corrected chi connectivity index (χ2v) is 2.18. The quantitative estimate of drug-likeness (QED) is 0.530. The summed E-state index contributed by atoms with van der Waals surface area (Å²) in [6, 6.07) is 0. The Morgan fingerprint density at radius 3 is 2.00 bits per heavy atom. The van der Waals surface area contributed by atoms with Crippen molar-refractivity contribution in [3.8, 4) is 10.8 Å². The molecule has 0 aliphatic heterocycles. The average Bonchev–Trinajstić information content (AvgIpc) is 1.30. The Morgan fingerprint density at radius 1 is 1.57 bits per heavy atom. The maximum absolute atomic E-state index is 8.81. The normalized spacial score (nSPS) is 9.71. The van der Waals surface area contributed by atoms with E-state index in [1.165, 1.54) is 0 Å². The van der Waals surface area contributed by atoms with Crippen LogP contribution in [-0.4, -0.2) is 10.7 Å². The molecule has 0 saturated heterocycles. The Bertz CT molecular complexity index is 101. The highest BCUT2D eigenvalue weighted by Gasteiger charge is 2.04. The van der Waals surface area contributed by atoms with E-state index in [-0.39, 0.29) is 0 Å². The molecule has 0 atom stereocenters. The molecule has 40 valence electrons. The Labute approximate surface area is 51.9 Å². The molecule has 0 aromatic rings. The lowest BCUT2D eigenvalue weighted by molar-refractivity contribution is 0.144. The van der Waals surface area contributed by atoms with Crippen molar-refractivity contribution >= 4 is 15.9 Å². The van der Waals surface area contributed by atoms with Gasteiger partial charge in [0.2, 0.25) is 0 Å². The molecule has 0 aliphatic rings. The zero-order valence-electron chi connectivity index (χ0n) is 4.33. The van der Waals surface area contributed by atoms with Gasteiger partial charge in [0.05, 0.1) is 0 Å². The van der Waals surface area contributed by atoms with E-state index < -0.39 is 5.60 Å². The fourth-order valence-electron chi connectivity index (χ4n) is 0.116. The summed E-state index contributed by atoms with van der Waals surface area (Å²) in [5.41, 5.74) is -0.858. The summed E-state index contributed by atoms with van der Waals surface area (Å²) < 4.78 is 0. The largest absolute Gasteiger partial charge is 0.378 e. The molecule has 0 heterocycles. The maximum atomic E-state index is 8.81. The van der Waals surface area contributed by atoms with E-state index in [2.05, 4.69) is 26.7 Å². The first kappa shape index (κ1) is 7.00. The number of aliphatic hydroxyl groups is 1. The van der Waals surface area contributed by atoms with Crippen LogP contribution in [0.15, 0.2) is 0 Å². The highest BCUT2D eigenvalue weighted by Crippen LogP contribution is 1.96. The van der Waals surface area contributed by atoms with Crippen LogP contribution in [0, 0.1) is 10.8 Å². The summed E-state index contributed by atoms with van der Waals surface area (Å²) in [5.74, 6) is 2.51. The monoisotopic (exact) mass is 162 g/mol. The van der Waals surface area contributed by atoms with Crippen LogP contribution >= 0.6 is 15.9 Å². The molecular weight excluding hydrogens is 156 g/mol. The molecular formula is C5H7BrO. The average molecular weight is 163 g/mol. The molecule has 7 heavy (non-hydrogen) atoms. The first-order chi connectivity index (χ1) is 3.06. The molecule has 0 unspecified atom stereocenters. The Hall–Kier alpha value is 0. The van der Waals surface area contributed by atoms with Gasteiger partial charge in [0, 0.05) is 15.9 Å². The Balaban J connectivity index is 3.72. The molecule has 0 spiro atoms. The van der Waals surface area contributed by atoms with Gasteiger partial charge in [-0.3, -0.25) is 0 Å². The lowest BCUT2D eigenvalue weighted by Gasteiger charge is -2.04. The van der Waals surface area contributed by atoms with Gasteiger partial charge in [0.15, 0.2) is 0 Å². The minimum absolute atomic E-state index is 0.858. The molecule has 0 aliphatic carbocycles. The topological polar surface area (TPSA) is 20.2 Å². The van der Waals surface area contributed by atoms with Crippen LogP contribution in [0.4, 0.5) is 0 Å². The second kappa shape index (κ2) is 2.34. The maximum Gasteiger partial charge on any atom is 0.120 e. The SMILES string of the molecule is CC(C)(O)C#CBr. The van der Waals surface area contributed by atoms with E-state index in [0.717, 1.165) is 0 Å².